The van der Waals surface area contributed by atoms with Crippen molar-refractivity contribution >= 4 is 23.4 Å². The minimum absolute atomic E-state index is 0.312. The maximum atomic E-state index is 6.22. The molecule has 1 saturated heterocycles. The third kappa shape index (κ3) is 7.17. The zero-order valence-corrected chi connectivity index (χ0v) is 23.0. The molecule has 2 aromatic carbocycles. The van der Waals surface area contributed by atoms with Crippen LogP contribution < -0.4 is 21.1 Å². The van der Waals surface area contributed by atoms with E-state index in [0.717, 1.165) is 79.0 Å². The number of hydrogen-bond acceptors (Lipinski definition) is 9. The number of ether oxygens (including phenoxy) is 3. The summed E-state index contributed by atoms with van der Waals surface area (Å²) in [6, 6.07) is 13.9. The van der Waals surface area contributed by atoms with Crippen molar-refractivity contribution in [2.45, 2.75) is 19.4 Å². The average Bonchev–Trinajstić information content (AvgIpc) is 2.96. The molecule has 208 valence electrons. The van der Waals surface area contributed by atoms with Crippen molar-refractivity contribution < 1.29 is 14.2 Å². The second kappa shape index (κ2) is 13.4. The van der Waals surface area contributed by atoms with Gasteiger partial charge in [-0.1, -0.05) is 23.7 Å². The van der Waals surface area contributed by atoms with E-state index in [1.807, 2.05) is 30.3 Å². The van der Waals surface area contributed by atoms with Crippen LogP contribution in [0.1, 0.15) is 16.7 Å². The van der Waals surface area contributed by atoms with Gasteiger partial charge in [-0.3, -0.25) is 4.90 Å². The summed E-state index contributed by atoms with van der Waals surface area (Å²) in [4.78, 5) is 14.2. The van der Waals surface area contributed by atoms with Gasteiger partial charge in [-0.05, 0) is 54.3 Å². The van der Waals surface area contributed by atoms with Crippen LogP contribution in [0.15, 0.2) is 42.5 Å². The summed E-state index contributed by atoms with van der Waals surface area (Å²) < 4.78 is 17.1. The summed E-state index contributed by atoms with van der Waals surface area (Å²) in [7, 11) is 0. The number of benzene rings is 2. The molecule has 0 saturated carbocycles. The maximum absolute atomic E-state index is 6.22. The monoisotopic (exact) mass is 552 g/mol. The molecular formula is C29H37ClN6O3. The topological polar surface area (TPSA) is 112 Å². The maximum Gasteiger partial charge on any atom is 0.222 e. The Kier molecular flexibility index (Phi) is 9.49. The highest BCUT2D eigenvalue weighted by Crippen LogP contribution is 2.38. The van der Waals surface area contributed by atoms with Crippen molar-refractivity contribution in [2.24, 2.45) is 5.73 Å². The predicted octanol–water partition coefficient (Wildman–Crippen LogP) is 3.17. The lowest BCUT2D eigenvalue weighted by molar-refractivity contribution is 0.0405. The molecule has 1 aromatic heterocycles. The average molecular weight is 553 g/mol. The Balaban J connectivity index is 1.19. The molecule has 0 atom stereocenters. The molecule has 2 aliphatic rings. The molecule has 5 rings (SSSR count). The Bertz CT molecular complexity index is 1230. The van der Waals surface area contributed by atoms with Gasteiger partial charge in [0.15, 0.2) is 0 Å². The van der Waals surface area contributed by atoms with Gasteiger partial charge in [0.2, 0.25) is 5.95 Å². The van der Waals surface area contributed by atoms with E-state index in [1.165, 1.54) is 11.1 Å². The molecule has 0 bridgehead atoms. The van der Waals surface area contributed by atoms with E-state index in [2.05, 4.69) is 26.9 Å². The van der Waals surface area contributed by atoms with Crippen LogP contribution in [0, 0.1) is 0 Å². The van der Waals surface area contributed by atoms with Crippen LogP contribution in [0.2, 0.25) is 5.02 Å². The number of rotatable bonds is 12. The lowest BCUT2D eigenvalue weighted by Gasteiger charge is -2.37. The summed E-state index contributed by atoms with van der Waals surface area (Å²) in [6.07, 6.45) is 1.78. The van der Waals surface area contributed by atoms with Crippen LogP contribution in [0.25, 0.3) is 11.3 Å². The van der Waals surface area contributed by atoms with E-state index < -0.39 is 0 Å². The summed E-state index contributed by atoms with van der Waals surface area (Å²) >= 11 is 5.99. The Hall–Kier alpha value is -2.95. The number of halogens is 1. The standard InChI is InChI=1S/C29H37ClN6O3/c30-23-4-1-21(2-5-23)20-39-24-6-8-25-22(19-24)3-7-26-27(25)33-29(32)34-28(26)36-12-10-35(11-13-36)14-16-38-18-17-37-15-9-31/h1-2,4-6,8,19H,3,7,9-18,20,31H2,(H2,32,33,34). The fourth-order valence-corrected chi connectivity index (χ4v) is 5.22. The van der Waals surface area contributed by atoms with Crippen LogP contribution in [0.3, 0.4) is 0 Å². The van der Waals surface area contributed by atoms with Gasteiger partial charge in [0.05, 0.1) is 32.1 Å². The summed E-state index contributed by atoms with van der Waals surface area (Å²) in [6.45, 7) is 8.11. The predicted molar refractivity (Wildman–Crippen MR) is 154 cm³/mol. The molecule has 0 unspecified atom stereocenters. The first-order chi connectivity index (χ1) is 19.1. The zero-order valence-electron chi connectivity index (χ0n) is 22.3. The first kappa shape index (κ1) is 27.6. The van der Waals surface area contributed by atoms with Crippen molar-refractivity contribution in [3.05, 3.63) is 64.2 Å². The highest BCUT2D eigenvalue weighted by atomic mass is 35.5. The zero-order chi connectivity index (χ0) is 27.0. The fraction of sp³-hybridized carbons (Fsp3) is 0.448. The molecule has 1 fully saturated rings. The third-order valence-corrected chi connectivity index (χ3v) is 7.41. The number of aromatic nitrogens is 2. The van der Waals surface area contributed by atoms with E-state index in [1.54, 1.807) is 0 Å². The number of nitrogens with zero attached hydrogens (tertiary/aromatic N) is 4. The van der Waals surface area contributed by atoms with Crippen LogP contribution >= 0.6 is 11.6 Å². The van der Waals surface area contributed by atoms with Gasteiger partial charge in [-0.15, -0.1) is 0 Å². The van der Waals surface area contributed by atoms with Gasteiger partial charge >= 0.3 is 0 Å². The van der Waals surface area contributed by atoms with Crippen LogP contribution in [-0.4, -0.2) is 80.6 Å². The largest absolute Gasteiger partial charge is 0.489 e. The Labute approximate surface area is 235 Å². The molecule has 10 heteroatoms. The van der Waals surface area contributed by atoms with Crippen LogP contribution in [0.5, 0.6) is 5.75 Å². The smallest absolute Gasteiger partial charge is 0.222 e. The van der Waals surface area contributed by atoms with Gasteiger partial charge in [-0.25, -0.2) is 4.98 Å². The fourth-order valence-electron chi connectivity index (χ4n) is 5.09. The van der Waals surface area contributed by atoms with E-state index in [4.69, 9.17) is 42.3 Å². The van der Waals surface area contributed by atoms with Gasteiger partial charge in [0.1, 0.15) is 18.2 Å². The molecule has 0 radical (unpaired) electrons. The third-order valence-electron chi connectivity index (χ3n) is 7.16. The molecule has 3 aromatic rings. The molecule has 4 N–H and O–H groups in total. The van der Waals surface area contributed by atoms with Crippen molar-refractivity contribution in [1.82, 2.24) is 14.9 Å². The first-order valence-electron chi connectivity index (χ1n) is 13.6. The molecule has 39 heavy (non-hydrogen) atoms. The quantitative estimate of drug-likeness (QED) is 0.327. The minimum Gasteiger partial charge on any atom is -0.489 e. The first-order valence-corrected chi connectivity index (χ1v) is 14.0. The Morgan fingerprint density at radius 2 is 1.64 bits per heavy atom. The van der Waals surface area contributed by atoms with Gasteiger partial charge < -0.3 is 30.6 Å². The molecular weight excluding hydrogens is 516 g/mol. The summed E-state index contributed by atoms with van der Waals surface area (Å²) in [5, 5.41) is 0.722. The summed E-state index contributed by atoms with van der Waals surface area (Å²) in [5.41, 5.74) is 17.2. The molecule has 1 aliphatic heterocycles. The summed E-state index contributed by atoms with van der Waals surface area (Å²) in [5.74, 6) is 2.13. The number of nitrogen functional groups attached to an aromatic ring is 1. The van der Waals surface area contributed by atoms with E-state index in [9.17, 15) is 0 Å². The minimum atomic E-state index is 0.312. The van der Waals surface area contributed by atoms with Crippen molar-refractivity contribution in [3.63, 3.8) is 0 Å². The lowest BCUT2D eigenvalue weighted by atomic mass is 9.88. The van der Waals surface area contributed by atoms with Crippen LogP contribution in [-0.2, 0) is 28.9 Å². The molecule has 0 spiro atoms. The Morgan fingerprint density at radius 3 is 2.41 bits per heavy atom. The second-order valence-corrected chi connectivity index (χ2v) is 10.2. The van der Waals surface area contributed by atoms with E-state index in [-0.39, 0.29) is 0 Å². The van der Waals surface area contributed by atoms with E-state index >= 15 is 0 Å². The molecule has 0 amide bonds. The van der Waals surface area contributed by atoms with E-state index in [0.29, 0.717) is 45.5 Å². The van der Waals surface area contributed by atoms with Crippen molar-refractivity contribution in [2.75, 3.05) is 76.3 Å². The van der Waals surface area contributed by atoms with Gasteiger partial charge in [0.25, 0.3) is 0 Å². The number of hydrogen-bond donors (Lipinski definition) is 2. The number of piperazine rings is 1. The number of nitrogens with two attached hydrogens (primary N) is 2. The number of aryl methyl sites for hydroxylation is 1. The Morgan fingerprint density at radius 1 is 0.872 bits per heavy atom. The lowest BCUT2D eigenvalue weighted by Crippen LogP contribution is -2.48. The van der Waals surface area contributed by atoms with Gasteiger partial charge in [-0.2, -0.15) is 4.98 Å². The highest BCUT2D eigenvalue weighted by Gasteiger charge is 2.27. The highest BCUT2D eigenvalue weighted by molar-refractivity contribution is 6.30. The van der Waals surface area contributed by atoms with Gasteiger partial charge in [0, 0.05) is 55.4 Å². The molecule has 2 heterocycles. The number of fused-ring (bicyclic) bond motifs is 3. The van der Waals surface area contributed by atoms with Crippen molar-refractivity contribution in [1.29, 1.82) is 0 Å². The SMILES string of the molecule is NCCOCCOCCN1CCN(c2nc(N)nc3c2CCc2cc(OCc4ccc(Cl)cc4)ccc2-3)CC1. The van der Waals surface area contributed by atoms with Crippen LogP contribution in [0.4, 0.5) is 11.8 Å². The van der Waals surface area contributed by atoms with Crippen molar-refractivity contribution in [3.8, 4) is 17.0 Å². The number of anilines is 2. The second-order valence-electron chi connectivity index (χ2n) is 9.81. The normalized spacial score (nSPS) is 15.2. The molecule has 9 nitrogen and oxygen atoms in total. The molecule has 1 aliphatic carbocycles.